The largest absolute Gasteiger partial charge is 0.382 e. The van der Waals surface area contributed by atoms with Gasteiger partial charge in [-0.3, -0.25) is 19.2 Å². The highest BCUT2D eigenvalue weighted by Gasteiger charge is 2.75. The number of rotatable bonds is 5. The highest BCUT2D eigenvalue weighted by molar-refractivity contribution is 5.93. The maximum absolute atomic E-state index is 15.0. The van der Waals surface area contributed by atoms with Gasteiger partial charge in [0.25, 0.3) is 11.6 Å². The van der Waals surface area contributed by atoms with Crippen molar-refractivity contribution in [1.82, 2.24) is 5.32 Å². The Hall–Kier alpha value is -1.79. The predicted molar refractivity (Wildman–Crippen MR) is 76.5 cm³/mol. The molecule has 0 spiro atoms. The molecule has 0 aromatic rings. The zero-order valence-electron chi connectivity index (χ0n) is 13.9. The van der Waals surface area contributed by atoms with E-state index in [9.17, 15) is 39.6 Å². The third-order valence-electron chi connectivity index (χ3n) is 4.12. The number of ether oxygens (including phenoxy) is 1. The predicted octanol–water partition coefficient (Wildman–Crippen LogP) is -2.90. The normalized spacial score (nSPS) is 39.4. The van der Waals surface area contributed by atoms with Crippen molar-refractivity contribution in [3.63, 3.8) is 0 Å². The summed E-state index contributed by atoms with van der Waals surface area (Å²) in [5.74, 6) is -12.3. The number of carbonyl (C=O) groups is 4. The van der Waals surface area contributed by atoms with Crippen LogP contribution in [0.5, 0.6) is 0 Å². The lowest BCUT2D eigenvalue weighted by molar-refractivity contribution is -0.386. The van der Waals surface area contributed by atoms with Crippen LogP contribution < -0.4 is 5.32 Å². The summed E-state index contributed by atoms with van der Waals surface area (Å²) in [7, 11) is 0. The maximum Gasteiger partial charge on any atom is 0.274 e. The lowest BCUT2D eigenvalue weighted by Gasteiger charge is -2.54. The van der Waals surface area contributed by atoms with Crippen molar-refractivity contribution in [2.45, 2.75) is 63.2 Å². The molecule has 6 atom stereocenters. The molecule has 2 unspecified atom stereocenters. The van der Waals surface area contributed by atoms with Crippen LogP contribution in [0.2, 0.25) is 0 Å². The summed E-state index contributed by atoms with van der Waals surface area (Å²) < 4.78 is 19.7. The van der Waals surface area contributed by atoms with Crippen molar-refractivity contribution in [2.24, 2.45) is 0 Å². The fourth-order valence-corrected chi connectivity index (χ4v) is 2.67. The van der Waals surface area contributed by atoms with E-state index in [1.807, 2.05) is 0 Å². The Morgan fingerprint density at radius 1 is 1.04 bits per heavy atom. The Balaban J connectivity index is 3.74. The van der Waals surface area contributed by atoms with Gasteiger partial charge < -0.3 is 30.5 Å². The summed E-state index contributed by atoms with van der Waals surface area (Å²) in [6.45, 7) is 3.00. The molecule has 1 saturated heterocycles. The van der Waals surface area contributed by atoms with E-state index >= 15 is 4.39 Å². The van der Waals surface area contributed by atoms with E-state index < -0.39 is 58.7 Å². The van der Waals surface area contributed by atoms with Gasteiger partial charge >= 0.3 is 0 Å². The number of nitrogens with one attached hydrogen (secondary N) is 1. The van der Waals surface area contributed by atoms with Gasteiger partial charge in [-0.25, -0.2) is 4.39 Å². The van der Waals surface area contributed by atoms with Crippen LogP contribution in [0.4, 0.5) is 4.39 Å². The summed E-state index contributed by atoms with van der Waals surface area (Å²) in [6.07, 6.45) is -5.14. The molecular formula is C14H20FNO9. The van der Waals surface area contributed by atoms with Gasteiger partial charge in [-0.1, -0.05) is 0 Å². The number of ketones is 3. The molecule has 1 heterocycles. The molecule has 1 amide bonds. The smallest absolute Gasteiger partial charge is 0.274 e. The summed E-state index contributed by atoms with van der Waals surface area (Å²) in [5.41, 5.74) is -3.61. The van der Waals surface area contributed by atoms with Crippen LogP contribution in [0, 0.1) is 0 Å². The molecular weight excluding hydrogens is 345 g/mol. The van der Waals surface area contributed by atoms with E-state index in [4.69, 9.17) is 4.74 Å². The van der Waals surface area contributed by atoms with Crippen molar-refractivity contribution in [3.05, 3.63) is 0 Å². The van der Waals surface area contributed by atoms with Crippen molar-refractivity contribution in [3.8, 4) is 0 Å². The van der Waals surface area contributed by atoms with E-state index in [2.05, 4.69) is 0 Å². The minimum Gasteiger partial charge on any atom is -0.382 e. The molecule has 1 aliphatic rings. The quantitative estimate of drug-likeness (QED) is 0.343. The van der Waals surface area contributed by atoms with Crippen molar-refractivity contribution >= 4 is 23.3 Å². The number of halogens is 1. The van der Waals surface area contributed by atoms with Crippen LogP contribution >= 0.6 is 0 Å². The number of aliphatic hydroxyl groups excluding tert-OH is 1. The summed E-state index contributed by atoms with van der Waals surface area (Å²) in [6, 6.07) is -2.46. The Morgan fingerprint density at radius 3 is 1.84 bits per heavy atom. The van der Waals surface area contributed by atoms with Gasteiger partial charge in [0.05, 0.1) is 0 Å². The summed E-state index contributed by atoms with van der Waals surface area (Å²) in [4.78, 5) is 46.5. The third kappa shape index (κ3) is 3.09. The van der Waals surface area contributed by atoms with Crippen molar-refractivity contribution in [1.29, 1.82) is 0 Å². The Morgan fingerprint density at radius 2 is 1.52 bits per heavy atom. The molecule has 0 radical (unpaired) electrons. The van der Waals surface area contributed by atoms with Gasteiger partial charge in [-0.2, -0.15) is 0 Å². The highest BCUT2D eigenvalue weighted by Crippen LogP contribution is 2.45. The molecule has 25 heavy (non-hydrogen) atoms. The molecule has 11 heteroatoms. The zero-order valence-corrected chi connectivity index (χ0v) is 13.9. The average molecular weight is 365 g/mol. The van der Waals surface area contributed by atoms with Gasteiger partial charge in [-0.05, 0) is 13.8 Å². The number of alkyl halides is 1. The maximum atomic E-state index is 15.0. The second-order valence-electron chi connectivity index (χ2n) is 5.98. The summed E-state index contributed by atoms with van der Waals surface area (Å²) in [5, 5.41) is 42.7. The van der Waals surface area contributed by atoms with Crippen LogP contribution in [0.25, 0.3) is 0 Å². The molecule has 10 nitrogen and oxygen atoms in total. The number of hydrogen-bond acceptors (Lipinski definition) is 9. The minimum atomic E-state index is -4.14. The first-order valence-corrected chi connectivity index (χ1v) is 7.15. The van der Waals surface area contributed by atoms with Crippen LogP contribution in [0.1, 0.15) is 27.7 Å². The van der Waals surface area contributed by atoms with E-state index in [0.29, 0.717) is 6.92 Å². The minimum absolute atomic E-state index is 0.614. The first-order valence-electron chi connectivity index (χ1n) is 7.15. The van der Waals surface area contributed by atoms with Gasteiger partial charge in [0.15, 0.2) is 23.5 Å². The van der Waals surface area contributed by atoms with Crippen molar-refractivity contribution in [2.75, 3.05) is 0 Å². The lowest BCUT2D eigenvalue weighted by atomic mass is 9.71. The van der Waals surface area contributed by atoms with Gasteiger partial charge in [-0.15, -0.1) is 0 Å². The molecule has 1 aliphatic heterocycles. The topological polar surface area (TPSA) is 170 Å². The van der Waals surface area contributed by atoms with E-state index in [-0.39, 0.29) is 0 Å². The monoisotopic (exact) mass is 365 g/mol. The van der Waals surface area contributed by atoms with Crippen LogP contribution in [-0.4, -0.2) is 79.2 Å². The third-order valence-corrected chi connectivity index (χ3v) is 4.12. The molecule has 0 aromatic heterocycles. The standard InChI is InChI=1S/C14H20FNO9/c1-5(17)9(21)10-14(15,24)12(22,6(2)18)11(16-8(4)20)13(23,25-10)7(3)19/h9-11,21-24H,1-4H3,(H,16,20)/t9?,10-,11-,12-,13?,14-/m1/s1. The number of amides is 1. The molecule has 0 saturated carbocycles. The first-order chi connectivity index (χ1) is 11.1. The average Bonchev–Trinajstić information content (AvgIpc) is 2.46. The Labute approximate surface area is 141 Å². The zero-order chi connectivity index (χ0) is 20.0. The van der Waals surface area contributed by atoms with E-state index in [0.717, 1.165) is 20.8 Å². The van der Waals surface area contributed by atoms with E-state index in [1.165, 1.54) is 0 Å². The molecule has 0 aromatic carbocycles. The number of aliphatic hydroxyl groups is 4. The van der Waals surface area contributed by atoms with E-state index in [1.54, 1.807) is 5.32 Å². The lowest BCUT2D eigenvalue weighted by Crippen LogP contribution is -2.84. The summed E-state index contributed by atoms with van der Waals surface area (Å²) >= 11 is 0. The number of Topliss-reactive ketones (excluding diaryl/α,β-unsaturated/α-hetero) is 3. The fourth-order valence-electron chi connectivity index (χ4n) is 2.67. The molecule has 0 bridgehead atoms. The Kier molecular flexibility index (Phi) is 5.52. The molecule has 5 N–H and O–H groups in total. The van der Waals surface area contributed by atoms with Crippen molar-refractivity contribution < 1.29 is 48.7 Å². The first kappa shape index (κ1) is 21.3. The molecule has 0 aliphatic carbocycles. The second-order valence-corrected chi connectivity index (χ2v) is 5.98. The molecule has 1 rings (SSSR count). The molecule has 1 fully saturated rings. The highest BCUT2D eigenvalue weighted by atomic mass is 19.2. The number of hydrogen-bond donors (Lipinski definition) is 5. The number of carbonyl (C=O) groups excluding carboxylic acids is 4. The SMILES string of the molecule is CC(=O)N[C@H]1C(O)(C(C)=O)O[C@H](C(O)C(C)=O)[C@](O)(F)[C@@]1(O)C(C)=O. The molecule has 142 valence electrons. The van der Waals surface area contributed by atoms with Gasteiger partial charge in [0, 0.05) is 13.8 Å². The fraction of sp³-hybridized carbons (Fsp3) is 0.714. The van der Waals surface area contributed by atoms with Crippen LogP contribution in [0.3, 0.4) is 0 Å². The Bertz CT molecular complexity index is 621. The van der Waals surface area contributed by atoms with Gasteiger partial charge in [0.1, 0.15) is 12.1 Å². The van der Waals surface area contributed by atoms with Crippen LogP contribution in [0.15, 0.2) is 0 Å². The second kappa shape index (κ2) is 6.50. The van der Waals surface area contributed by atoms with Gasteiger partial charge in [0.2, 0.25) is 11.5 Å². The van der Waals surface area contributed by atoms with Crippen LogP contribution in [-0.2, 0) is 23.9 Å².